The second-order valence-electron chi connectivity index (χ2n) is 2.42. The predicted octanol–water partition coefficient (Wildman–Crippen LogP) is 0.248. The number of nitrogens with one attached hydrogen (secondary N) is 1. The summed E-state index contributed by atoms with van der Waals surface area (Å²) in [6, 6.07) is 0. The molecule has 4 nitrogen and oxygen atoms in total. The van der Waals surface area contributed by atoms with E-state index in [4.69, 9.17) is 9.94 Å². The molecule has 0 bridgehead atoms. The fraction of sp³-hybridized carbons (Fsp3) is 0.833. The second-order valence-corrected chi connectivity index (χ2v) is 2.42. The summed E-state index contributed by atoms with van der Waals surface area (Å²) in [4.78, 5) is 14.7. The summed E-state index contributed by atoms with van der Waals surface area (Å²) < 4.78 is 0. The van der Waals surface area contributed by atoms with Gasteiger partial charge >= 0.3 is 5.97 Å². The zero-order chi connectivity index (χ0) is 7.98. The van der Waals surface area contributed by atoms with Gasteiger partial charge in [-0.1, -0.05) is 13.8 Å². The molecule has 0 aliphatic carbocycles. The molecule has 0 aromatic carbocycles. The minimum atomic E-state index is -0.913. The highest BCUT2D eigenvalue weighted by Gasteiger charge is 1.96. The molecule has 60 valence electrons. The second kappa shape index (κ2) is 5.20. The number of carboxylic acids is 1. The smallest absolute Gasteiger partial charge is 0.319 e. The van der Waals surface area contributed by atoms with E-state index in [0.717, 1.165) is 0 Å². The van der Waals surface area contributed by atoms with Crippen molar-refractivity contribution in [3.8, 4) is 0 Å². The van der Waals surface area contributed by atoms with Crippen molar-refractivity contribution in [2.24, 2.45) is 5.92 Å². The van der Waals surface area contributed by atoms with Crippen LogP contribution in [0.4, 0.5) is 0 Å². The molecule has 0 aliphatic rings. The van der Waals surface area contributed by atoms with Crippen LogP contribution in [-0.2, 0) is 9.63 Å². The van der Waals surface area contributed by atoms with Crippen LogP contribution in [0.3, 0.4) is 0 Å². The molecule has 0 saturated carbocycles. The Kier molecular flexibility index (Phi) is 4.88. The maximum Gasteiger partial charge on any atom is 0.319 e. The maximum absolute atomic E-state index is 9.90. The lowest BCUT2D eigenvalue weighted by atomic mass is 10.2. The minimum absolute atomic E-state index is 0.146. The van der Waals surface area contributed by atoms with E-state index in [2.05, 4.69) is 5.48 Å². The lowest BCUT2D eigenvalue weighted by Gasteiger charge is -2.04. The Hall–Kier alpha value is -0.610. The van der Waals surface area contributed by atoms with Gasteiger partial charge < -0.3 is 9.94 Å². The third-order valence-electron chi connectivity index (χ3n) is 0.742. The molecule has 0 aromatic rings. The van der Waals surface area contributed by atoms with Gasteiger partial charge in [0.05, 0.1) is 6.61 Å². The van der Waals surface area contributed by atoms with Gasteiger partial charge in [0.15, 0.2) is 0 Å². The van der Waals surface area contributed by atoms with Crippen molar-refractivity contribution in [1.29, 1.82) is 0 Å². The van der Waals surface area contributed by atoms with E-state index in [9.17, 15) is 4.79 Å². The number of aliphatic carboxylic acids is 1. The van der Waals surface area contributed by atoms with Crippen molar-refractivity contribution in [2.75, 3.05) is 13.2 Å². The third kappa shape index (κ3) is 7.39. The first kappa shape index (κ1) is 9.39. The summed E-state index contributed by atoms with van der Waals surface area (Å²) in [5.74, 6) is -0.495. The Balaban J connectivity index is 2.98. The third-order valence-corrected chi connectivity index (χ3v) is 0.742. The summed E-state index contributed by atoms with van der Waals surface area (Å²) in [5.41, 5.74) is 2.32. The van der Waals surface area contributed by atoms with Gasteiger partial charge in [-0.25, -0.2) is 0 Å². The van der Waals surface area contributed by atoms with Gasteiger partial charge in [0.1, 0.15) is 6.54 Å². The number of carbonyl (C=O) groups is 1. The lowest BCUT2D eigenvalue weighted by Crippen LogP contribution is -2.24. The van der Waals surface area contributed by atoms with Crippen molar-refractivity contribution in [3.05, 3.63) is 0 Å². The average molecular weight is 147 g/mol. The molecule has 0 atom stereocenters. The first-order chi connectivity index (χ1) is 4.63. The number of carboxylic acid groups (broad SMARTS) is 1. The predicted molar refractivity (Wildman–Crippen MR) is 36.4 cm³/mol. The molecule has 0 unspecified atom stereocenters. The molecule has 0 heterocycles. The molecule has 0 radical (unpaired) electrons. The molecular weight excluding hydrogens is 134 g/mol. The molecule has 0 aliphatic heterocycles. The van der Waals surface area contributed by atoms with E-state index >= 15 is 0 Å². The SMILES string of the molecule is CC(C)CONCC(=O)O. The minimum Gasteiger partial charge on any atom is -0.480 e. The highest BCUT2D eigenvalue weighted by atomic mass is 16.6. The summed E-state index contributed by atoms with van der Waals surface area (Å²) >= 11 is 0. The van der Waals surface area contributed by atoms with Crippen molar-refractivity contribution in [1.82, 2.24) is 5.48 Å². The molecule has 0 amide bonds. The molecule has 2 N–H and O–H groups in total. The Labute approximate surface area is 60.1 Å². The highest BCUT2D eigenvalue weighted by Crippen LogP contribution is 1.88. The van der Waals surface area contributed by atoms with Gasteiger partial charge in [0.2, 0.25) is 0 Å². The van der Waals surface area contributed by atoms with Crippen molar-refractivity contribution in [2.45, 2.75) is 13.8 Å². The van der Waals surface area contributed by atoms with E-state index < -0.39 is 5.97 Å². The molecule has 4 heteroatoms. The van der Waals surface area contributed by atoms with Gasteiger partial charge in [-0.3, -0.25) is 4.79 Å². The van der Waals surface area contributed by atoms with Crippen LogP contribution in [0.25, 0.3) is 0 Å². The van der Waals surface area contributed by atoms with Gasteiger partial charge in [0.25, 0.3) is 0 Å². The summed E-state index contributed by atoms with van der Waals surface area (Å²) in [7, 11) is 0. The first-order valence-corrected chi connectivity index (χ1v) is 3.19. The highest BCUT2D eigenvalue weighted by molar-refractivity contribution is 5.68. The summed E-state index contributed by atoms with van der Waals surface area (Å²) in [5, 5.41) is 8.14. The van der Waals surface area contributed by atoms with Crippen LogP contribution in [0.15, 0.2) is 0 Å². The van der Waals surface area contributed by atoms with Crippen LogP contribution in [0.5, 0.6) is 0 Å². The molecule has 0 aromatic heterocycles. The van der Waals surface area contributed by atoms with Gasteiger partial charge in [0, 0.05) is 0 Å². The van der Waals surface area contributed by atoms with Gasteiger partial charge in [-0.05, 0) is 5.92 Å². The van der Waals surface area contributed by atoms with E-state index in [0.29, 0.717) is 12.5 Å². The Morgan fingerprint density at radius 2 is 2.30 bits per heavy atom. The number of hydroxylamine groups is 1. The molecule has 0 saturated heterocycles. The van der Waals surface area contributed by atoms with Crippen LogP contribution in [-0.4, -0.2) is 24.2 Å². The van der Waals surface area contributed by atoms with E-state index in [1.54, 1.807) is 0 Å². The molecule has 0 spiro atoms. The quantitative estimate of drug-likeness (QED) is 0.432. The zero-order valence-corrected chi connectivity index (χ0v) is 6.26. The van der Waals surface area contributed by atoms with Crippen LogP contribution in [0, 0.1) is 5.92 Å². The Bertz CT molecular complexity index is 103. The zero-order valence-electron chi connectivity index (χ0n) is 6.26. The lowest BCUT2D eigenvalue weighted by molar-refractivity contribution is -0.139. The Morgan fingerprint density at radius 3 is 2.70 bits per heavy atom. The van der Waals surface area contributed by atoms with Crippen LogP contribution in [0.2, 0.25) is 0 Å². The van der Waals surface area contributed by atoms with Crippen LogP contribution in [0.1, 0.15) is 13.8 Å². The molecule has 0 rings (SSSR count). The topological polar surface area (TPSA) is 58.6 Å². The molecule has 0 fully saturated rings. The largest absolute Gasteiger partial charge is 0.480 e. The van der Waals surface area contributed by atoms with Crippen LogP contribution < -0.4 is 5.48 Å². The fourth-order valence-corrected chi connectivity index (χ4v) is 0.338. The summed E-state index contributed by atoms with van der Waals surface area (Å²) in [6.07, 6.45) is 0. The fourth-order valence-electron chi connectivity index (χ4n) is 0.338. The van der Waals surface area contributed by atoms with Crippen molar-refractivity contribution in [3.63, 3.8) is 0 Å². The molecule has 10 heavy (non-hydrogen) atoms. The average Bonchev–Trinajstić information content (AvgIpc) is 1.79. The monoisotopic (exact) mass is 147 g/mol. The standard InChI is InChI=1S/C6H13NO3/c1-5(2)4-10-7-3-6(8)9/h5,7H,3-4H2,1-2H3,(H,8,9). The van der Waals surface area contributed by atoms with E-state index in [1.165, 1.54) is 0 Å². The van der Waals surface area contributed by atoms with E-state index in [1.807, 2.05) is 13.8 Å². The van der Waals surface area contributed by atoms with Gasteiger partial charge in [-0.15, -0.1) is 0 Å². The summed E-state index contributed by atoms with van der Waals surface area (Å²) in [6.45, 7) is 4.37. The molecular formula is C6H13NO3. The first-order valence-electron chi connectivity index (χ1n) is 3.19. The van der Waals surface area contributed by atoms with Crippen molar-refractivity contribution < 1.29 is 14.7 Å². The number of hydrogen-bond donors (Lipinski definition) is 2. The van der Waals surface area contributed by atoms with Crippen molar-refractivity contribution >= 4 is 5.97 Å². The maximum atomic E-state index is 9.90. The normalized spacial score (nSPS) is 10.3. The van der Waals surface area contributed by atoms with Gasteiger partial charge in [-0.2, -0.15) is 5.48 Å². The number of hydrogen-bond acceptors (Lipinski definition) is 3. The Morgan fingerprint density at radius 1 is 1.70 bits per heavy atom. The van der Waals surface area contributed by atoms with E-state index in [-0.39, 0.29) is 6.54 Å². The van der Waals surface area contributed by atoms with Crippen LogP contribution >= 0.6 is 0 Å². The number of rotatable bonds is 5.